The van der Waals surface area contributed by atoms with Crippen LogP contribution in [0.2, 0.25) is 5.02 Å². The Kier molecular flexibility index (Phi) is 3.43. The fraction of sp³-hybridized carbons (Fsp3) is 0.0625. The largest absolute Gasteiger partial charge is 0.349 e. The lowest BCUT2D eigenvalue weighted by Crippen LogP contribution is -2.23. The highest BCUT2D eigenvalue weighted by Gasteiger charge is 2.12. The smallest absolute Gasteiger partial charge is 0.278 e. The zero-order chi connectivity index (χ0) is 14.8. The number of nitriles is 1. The van der Waals surface area contributed by atoms with Crippen LogP contribution in [0.5, 0.6) is 0 Å². The van der Waals surface area contributed by atoms with Gasteiger partial charge in [0, 0.05) is 16.0 Å². The van der Waals surface area contributed by atoms with Crippen molar-refractivity contribution >= 4 is 22.5 Å². The number of halogens is 1. The molecule has 0 bridgehead atoms. The van der Waals surface area contributed by atoms with Crippen LogP contribution >= 0.6 is 11.6 Å². The zero-order valence-electron chi connectivity index (χ0n) is 11.0. The van der Waals surface area contributed by atoms with E-state index in [0.717, 1.165) is 10.9 Å². The lowest BCUT2D eigenvalue weighted by molar-refractivity contribution is 0.790. The number of hydrogen-bond acceptors (Lipinski definition) is 3. The van der Waals surface area contributed by atoms with Crippen LogP contribution in [0.15, 0.2) is 53.3 Å². The molecule has 2 aromatic carbocycles. The number of fused-ring (bicyclic) bond motifs is 1. The van der Waals surface area contributed by atoms with Gasteiger partial charge in [0.1, 0.15) is 6.54 Å². The molecule has 1 heterocycles. The second kappa shape index (κ2) is 5.39. The summed E-state index contributed by atoms with van der Waals surface area (Å²) in [6, 6.07) is 16.6. The fourth-order valence-electron chi connectivity index (χ4n) is 2.29. The summed E-state index contributed by atoms with van der Waals surface area (Å²) in [4.78, 5) is 16.3. The summed E-state index contributed by atoms with van der Waals surface area (Å²) in [5, 5.41) is 10.2. The summed E-state index contributed by atoms with van der Waals surface area (Å²) in [6.45, 7) is -0.0426. The zero-order valence-corrected chi connectivity index (χ0v) is 11.7. The molecule has 21 heavy (non-hydrogen) atoms. The van der Waals surface area contributed by atoms with E-state index in [4.69, 9.17) is 16.9 Å². The SMILES string of the molecule is N#CCn1c(=O)nc(-c2ccccc2)c2cc(Cl)ccc21. The number of aromatic nitrogens is 2. The van der Waals surface area contributed by atoms with Gasteiger partial charge in [-0.25, -0.2) is 4.79 Å². The van der Waals surface area contributed by atoms with Crippen molar-refractivity contribution in [1.82, 2.24) is 9.55 Å². The van der Waals surface area contributed by atoms with Crippen molar-refractivity contribution in [2.45, 2.75) is 6.54 Å². The highest BCUT2D eigenvalue weighted by atomic mass is 35.5. The minimum Gasteiger partial charge on any atom is -0.278 e. The van der Waals surface area contributed by atoms with Crippen LogP contribution in [0.25, 0.3) is 22.2 Å². The number of rotatable bonds is 2. The third-order valence-electron chi connectivity index (χ3n) is 3.22. The Bertz CT molecular complexity index is 910. The van der Waals surface area contributed by atoms with Crippen molar-refractivity contribution in [3.63, 3.8) is 0 Å². The molecule has 0 spiro atoms. The third-order valence-corrected chi connectivity index (χ3v) is 3.45. The van der Waals surface area contributed by atoms with Gasteiger partial charge in [-0.05, 0) is 18.2 Å². The van der Waals surface area contributed by atoms with Crippen molar-refractivity contribution in [3.05, 3.63) is 64.0 Å². The van der Waals surface area contributed by atoms with Gasteiger partial charge in [0.15, 0.2) is 0 Å². The quantitative estimate of drug-likeness (QED) is 0.729. The van der Waals surface area contributed by atoms with Crippen LogP contribution in [-0.4, -0.2) is 9.55 Å². The summed E-state index contributed by atoms with van der Waals surface area (Å²) in [6.07, 6.45) is 0. The first-order valence-corrected chi connectivity index (χ1v) is 6.71. The minimum absolute atomic E-state index is 0.0426. The van der Waals surface area contributed by atoms with Gasteiger partial charge in [-0.3, -0.25) is 4.57 Å². The highest BCUT2D eigenvalue weighted by molar-refractivity contribution is 6.31. The molecule has 4 nitrogen and oxygen atoms in total. The van der Waals surface area contributed by atoms with Crippen LogP contribution < -0.4 is 5.69 Å². The van der Waals surface area contributed by atoms with E-state index in [0.29, 0.717) is 16.2 Å². The Balaban J connectivity index is 2.42. The Morgan fingerprint density at radius 2 is 1.95 bits per heavy atom. The van der Waals surface area contributed by atoms with E-state index < -0.39 is 5.69 Å². The second-order valence-electron chi connectivity index (χ2n) is 4.51. The fourth-order valence-corrected chi connectivity index (χ4v) is 2.46. The maximum Gasteiger partial charge on any atom is 0.349 e. The summed E-state index contributed by atoms with van der Waals surface area (Å²) < 4.78 is 1.35. The maximum absolute atomic E-state index is 12.2. The van der Waals surface area contributed by atoms with E-state index in [1.165, 1.54) is 4.57 Å². The van der Waals surface area contributed by atoms with Crippen LogP contribution in [0.3, 0.4) is 0 Å². The molecular weight excluding hydrogens is 286 g/mol. The topological polar surface area (TPSA) is 58.7 Å². The normalized spacial score (nSPS) is 10.5. The van der Waals surface area contributed by atoms with Gasteiger partial charge in [-0.1, -0.05) is 41.9 Å². The van der Waals surface area contributed by atoms with Gasteiger partial charge in [0.05, 0.1) is 17.3 Å². The summed E-state index contributed by atoms with van der Waals surface area (Å²) in [7, 11) is 0. The maximum atomic E-state index is 12.2. The first-order valence-electron chi connectivity index (χ1n) is 6.33. The molecule has 5 heteroatoms. The van der Waals surface area contributed by atoms with Gasteiger partial charge in [0.25, 0.3) is 0 Å². The standard InChI is InChI=1S/C16H10ClN3O/c17-12-6-7-14-13(10-12)15(11-4-2-1-3-5-11)19-16(21)20(14)9-8-18/h1-7,10H,9H2. The van der Waals surface area contributed by atoms with Crippen LogP contribution in [-0.2, 0) is 6.54 Å². The third kappa shape index (κ3) is 2.39. The number of benzene rings is 2. The highest BCUT2D eigenvalue weighted by Crippen LogP contribution is 2.27. The Labute approximate surface area is 125 Å². The molecule has 0 aliphatic carbocycles. The Morgan fingerprint density at radius 1 is 1.19 bits per heavy atom. The van der Waals surface area contributed by atoms with Crippen molar-refractivity contribution in [2.75, 3.05) is 0 Å². The molecule has 102 valence electrons. The Morgan fingerprint density at radius 3 is 2.67 bits per heavy atom. The van der Waals surface area contributed by atoms with Gasteiger partial charge >= 0.3 is 5.69 Å². The minimum atomic E-state index is -0.440. The average Bonchev–Trinajstić information content (AvgIpc) is 2.51. The van der Waals surface area contributed by atoms with Gasteiger partial charge in [-0.2, -0.15) is 10.2 Å². The molecular formula is C16H10ClN3O. The molecule has 1 aromatic heterocycles. The molecule has 0 radical (unpaired) electrons. The van der Waals surface area contributed by atoms with Gasteiger partial charge in [0.2, 0.25) is 0 Å². The molecule has 0 atom stereocenters. The van der Waals surface area contributed by atoms with Crippen molar-refractivity contribution in [3.8, 4) is 17.3 Å². The van der Waals surface area contributed by atoms with E-state index in [2.05, 4.69) is 4.98 Å². The Hall–Kier alpha value is -2.64. The predicted molar refractivity (Wildman–Crippen MR) is 82.1 cm³/mol. The average molecular weight is 296 g/mol. The second-order valence-corrected chi connectivity index (χ2v) is 4.95. The number of hydrogen-bond donors (Lipinski definition) is 0. The molecule has 0 saturated carbocycles. The van der Waals surface area contributed by atoms with Crippen LogP contribution in [0, 0.1) is 11.3 Å². The van der Waals surface area contributed by atoms with Gasteiger partial charge < -0.3 is 0 Å². The van der Waals surface area contributed by atoms with E-state index in [1.807, 2.05) is 36.4 Å². The van der Waals surface area contributed by atoms with Crippen molar-refractivity contribution < 1.29 is 0 Å². The molecule has 0 saturated heterocycles. The van der Waals surface area contributed by atoms with Crippen molar-refractivity contribution in [1.29, 1.82) is 5.26 Å². The molecule has 0 aliphatic rings. The van der Waals surface area contributed by atoms with E-state index in [1.54, 1.807) is 18.2 Å². The summed E-state index contributed by atoms with van der Waals surface area (Å²) >= 11 is 6.07. The molecule has 0 aliphatic heterocycles. The van der Waals surface area contributed by atoms with Crippen molar-refractivity contribution in [2.24, 2.45) is 0 Å². The number of nitrogens with zero attached hydrogens (tertiary/aromatic N) is 3. The first-order chi connectivity index (χ1) is 10.2. The molecule has 0 unspecified atom stereocenters. The summed E-state index contributed by atoms with van der Waals surface area (Å²) in [5.41, 5.74) is 1.63. The lowest BCUT2D eigenvalue weighted by atomic mass is 10.1. The monoisotopic (exact) mass is 295 g/mol. The van der Waals surface area contributed by atoms with E-state index >= 15 is 0 Å². The van der Waals surface area contributed by atoms with E-state index in [-0.39, 0.29) is 6.54 Å². The molecule has 0 fully saturated rings. The molecule has 0 N–H and O–H groups in total. The first kappa shape index (κ1) is 13.3. The molecule has 0 amide bonds. The predicted octanol–water partition coefficient (Wildman–Crippen LogP) is 3.24. The summed E-state index contributed by atoms with van der Waals surface area (Å²) in [5.74, 6) is 0. The van der Waals surface area contributed by atoms with Crippen LogP contribution in [0.1, 0.15) is 0 Å². The lowest BCUT2D eigenvalue weighted by Gasteiger charge is -2.10. The van der Waals surface area contributed by atoms with Crippen LogP contribution in [0.4, 0.5) is 0 Å². The van der Waals surface area contributed by atoms with Gasteiger partial charge in [-0.15, -0.1) is 0 Å². The van der Waals surface area contributed by atoms with E-state index in [9.17, 15) is 4.79 Å². The molecule has 3 rings (SSSR count). The molecule has 3 aromatic rings.